The zero-order valence-corrected chi connectivity index (χ0v) is 13.7. The van der Waals surface area contributed by atoms with Gasteiger partial charge in [0.1, 0.15) is 0 Å². The molecule has 0 N–H and O–H groups in total. The Hall–Kier alpha value is -2.08. The highest BCUT2D eigenvalue weighted by molar-refractivity contribution is 6.01. The van der Waals surface area contributed by atoms with Crippen LogP contribution in [-0.4, -0.2) is 64.7 Å². The van der Waals surface area contributed by atoms with Crippen molar-refractivity contribution in [3.63, 3.8) is 0 Å². The Morgan fingerprint density at radius 3 is 2.61 bits per heavy atom. The number of nitrogens with zero attached hydrogens (tertiary/aromatic N) is 4. The van der Waals surface area contributed by atoms with Gasteiger partial charge >= 0.3 is 0 Å². The molecule has 1 amide bonds. The maximum absolute atomic E-state index is 13.1. The Balaban J connectivity index is 1.65. The quantitative estimate of drug-likeness (QED) is 0.846. The smallest absolute Gasteiger partial charge is 0.258 e. The van der Waals surface area contributed by atoms with E-state index in [4.69, 9.17) is 4.74 Å². The second-order valence-corrected chi connectivity index (χ2v) is 6.66. The van der Waals surface area contributed by atoms with Gasteiger partial charge in [0.15, 0.2) is 0 Å². The molecule has 0 aromatic carbocycles. The summed E-state index contributed by atoms with van der Waals surface area (Å²) in [6.07, 6.45) is 4.92. The monoisotopic (exact) mass is 314 g/mol. The van der Waals surface area contributed by atoms with Gasteiger partial charge in [-0.25, -0.2) is 4.52 Å². The van der Waals surface area contributed by atoms with Crippen LogP contribution < -0.4 is 4.74 Å². The summed E-state index contributed by atoms with van der Waals surface area (Å²) < 4.78 is 7.00. The highest BCUT2D eigenvalue weighted by Gasteiger charge is 2.48. The molecule has 2 saturated heterocycles. The van der Waals surface area contributed by atoms with Crippen LogP contribution in [0, 0.1) is 0 Å². The van der Waals surface area contributed by atoms with Gasteiger partial charge in [-0.05, 0) is 32.4 Å². The van der Waals surface area contributed by atoms with Crippen LogP contribution in [0.5, 0.6) is 5.88 Å². The molecule has 2 aliphatic heterocycles. The van der Waals surface area contributed by atoms with Crippen molar-refractivity contribution in [2.45, 2.75) is 24.8 Å². The first-order chi connectivity index (χ1) is 11.1. The lowest BCUT2D eigenvalue weighted by Gasteiger charge is -2.56. The Morgan fingerprint density at radius 1 is 1.22 bits per heavy atom. The van der Waals surface area contributed by atoms with Gasteiger partial charge in [0.2, 0.25) is 5.88 Å². The van der Waals surface area contributed by atoms with E-state index in [0.717, 1.165) is 44.4 Å². The van der Waals surface area contributed by atoms with E-state index in [9.17, 15) is 4.79 Å². The van der Waals surface area contributed by atoms with E-state index in [1.807, 2.05) is 18.2 Å². The lowest BCUT2D eigenvalue weighted by Crippen LogP contribution is -2.65. The molecule has 2 aromatic heterocycles. The van der Waals surface area contributed by atoms with Crippen molar-refractivity contribution in [1.29, 1.82) is 0 Å². The van der Waals surface area contributed by atoms with Crippen LogP contribution in [0.25, 0.3) is 5.52 Å². The Kier molecular flexibility index (Phi) is 3.30. The van der Waals surface area contributed by atoms with Gasteiger partial charge in [0.25, 0.3) is 5.91 Å². The largest absolute Gasteiger partial charge is 0.481 e. The lowest BCUT2D eigenvalue weighted by atomic mass is 9.76. The highest BCUT2D eigenvalue weighted by atomic mass is 16.5. The topological polar surface area (TPSA) is 50.1 Å². The molecule has 1 spiro atoms. The molecule has 23 heavy (non-hydrogen) atoms. The van der Waals surface area contributed by atoms with Crippen LogP contribution in [0.4, 0.5) is 0 Å². The zero-order valence-electron chi connectivity index (χ0n) is 13.7. The minimum Gasteiger partial charge on any atom is -0.481 e. The Labute approximate surface area is 135 Å². The number of hydrogen-bond acceptors (Lipinski definition) is 4. The van der Waals surface area contributed by atoms with Crippen molar-refractivity contribution in [2.75, 3.05) is 33.8 Å². The summed E-state index contributed by atoms with van der Waals surface area (Å²) in [7, 11) is 3.76. The number of piperidine rings is 1. The zero-order chi connectivity index (χ0) is 16.0. The number of aromatic nitrogens is 2. The lowest BCUT2D eigenvalue weighted by molar-refractivity contribution is -0.0349. The van der Waals surface area contributed by atoms with E-state index in [-0.39, 0.29) is 11.4 Å². The summed E-state index contributed by atoms with van der Waals surface area (Å²) in [5.74, 6) is 0.739. The van der Waals surface area contributed by atoms with Crippen LogP contribution in [0.1, 0.15) is 29.6 Å². The van der Waals surface area contributed by atoms with Crippen LogP contribution in [0.15, 0.2) is 24.4 Å². The fourth-order valence-corrected chi connectivity index (χ4v) is 3.86. The molecule has 2 fully saturated rings. The second kappa shape index (κ2) is 5.23. The molecule has 0 atom stereocenters. The van der Waals surface area contributed by atoms with Gasteiger partial charge in [-0.2, -0.15) is 5.10 Å². The maximum Gasteiger partial charge on any atom is 0.258 e. The van der Waals surface area contributed by atoms with Crippen LogP contribution in [0.2, 0.25) is 0 Å². The molecule has 2 aliphatic rings. The van der Waals surface area contributed by atoms with E-state index in [1.54, 1.807) is 17.8 Å². The molecule has 6 heteroatoms. The third-order valence-corrected chi connectivity index (χ3v) is 5.48. The van der Waals surface area contributed by atoms with E-state index in [0.29, 0.717) is 11.4 Å². The number of amides is 1. The van der Waals surface area contributed by atoms with Crippen LogP contribution in [-0.2, 0) is 0 Å². The first-order valence-electron chi connectivity index (χ1n) is 8.16. The molecular formula is C17H22N4O2. The van der Waals surface area contributed by atoms with Crippen LogP contribution in [0.3, 0.4) is 0 Å². The molecule has 2 aromatic rings. The Morgan fingerprint density at radius 2 is 1.96 bits per heavy atom. The first-order valence-corrected chi connectivity index (χ1v) is 8.16. The fourth-order valence-electron chi connectivity index (χ4n) is 3.86. The average molecular weight is 314 g/mol. The first kappa shape index (κ1) is 14.5. The van der Waals surface area contributed by atoms with Crippen molar-refractivity contribution in [3.05, 3.63) is 30.0 Å². The summed E-state index contributed by atoms with van der Waals surface area (Å²) in [5, 5.41) is 4.33. The predicted molar refractivity (Wildman–Crippen MR) is 86.9 cm³/mol. The van der Waals surface area contributed by atoms with Crippen molar-refractivity contribution < 1.29 is 9.53 Å². The molecule has 0 bridgehead atoms. The molecule has 0 saturated carbocycles. The second-order valence-electron chi connectivity index (χ2n) is 6.66. The minimum absolute atomic E-state index is 0.0662. The number of hydrogen-bond donors (Lipinski definition) is 0. The number of pyridine rings is 1. The number of methoxy groups -OCH3 is 1. The molecule has 0 unspecified atom stereocenters. The van der Waals surface area contributed by atoms with Crippen LogP contribution >= 0.6 is 0 Å². The number of carbonyl (C=O) groups excluding carboxylic acids is 1. The number of carbonyl (C=O) groups is 1. The van der Waals surface area contributed by atoms with Gasteiger partial charge in [0, 0.05) is 31.2 Å². The molecular weight excluding hydrogens is 292 g/mol. The number of fused-ring (bicyclic) bond motifs is 1. The highest BCUT2D eigenvalue weighted by Crippen LogP contribution is 2.41. The molecule has 4 rings (SSSR count). The van der Waals surface area contributed by atoms with E-state index in [1.165, 1.54) is 0 Å². The summed E-state index contributed by atoms with van der Waals surface area (Å²) >= 11 is 0. The normalized spacial score (nSPS) is 20.7. The van der Waals surface area contributed by atoms with E-state index in [2.05, 4.69) is 21.9 Å². The molecule has 6 nitrogen and oxygen atoms in total. The number of rotatable bonds is 2. The standard InChI is InChI=1S/C17H22N4O2/c1-19-9-6-17(7-10-19)8-11-20(17)16(22)13-12-18-21-14(13)4-3-5-15(21)23-2/h3-5,12H,6-11H2,1-2H3. The van der Waals surface area contributed by atoms with Gasteiger partial charge < -0.3 is 14.5 Å². The van der Waals surface area contributed by atoms with E-state index < -0.39 is 0 Å². The van der Waals surface area contributed by atoms with Crippen molar-refractivity contribution in [1.82, 2.24) is 19.4 Å². The summed E-state index contributed by atoms with van der Waals surface area (Å²) in [4.78, 5) is 17.5. The predicted octanol–water partition coefficient (Wildman–Crippen LogP) is 1.65. The third-order valence-electron chi connectivity index (χ3n) is 5.48. The van der Waals surface area contributed by atoms with Gasteiger partial charge in [0.05, 0.1) is 24.4 Å². The molecule has 0 radical (unpaired) electrons. The van der Waals surface area contributed by atoms with Gasteiger partial charge in [-0.3, -0.25) is 4.79 Å². The van der Waals surface area contributed by atoms with Crippen molar-refractivity contribution >= 4 is 11.4 Å². The van der Waals surface area contributed by atoms with Crippen molar-refractivity contribution in [3.8, 4) is 5.88 Å². The fraction of sp³-hybridized carbons (Fsp3) is 0.529. The maximum atomic E-state index is 13.1. The summed E-state index contributed by atoms with van der Waals surface area (Å²) in [5.41, 5.74) is 1.54. The molecule has 0 aliphatic carbocycles. The Bertz CT molecular complexity index is 746. The molecule has 4 heterocycles. The average Bonchev–Trinajstić information content (AvgIpc) is 2.98. The van der Waals surface area contributed by atoms with Gasteiger partial charge in [-0.1, -0.05) is 6.07 Å². The SMILES string of the molecule is COc1cccc2c(C(=O)N3CCC34CCN(C)CC4)cnn12. The summed E-state index contributed by atoms with van der Waals surface area (Å²) in [6.45, 7) is 2.97. The number of likely N-dealkylation sites (tertiary alicyclic amines) is 2. The van der Waals surface area contributed by atoms with E-state index >= 15 is 0 Å². The minimum atomic E-state index is 0.0662. The number of ether oxygens (including phenoxy) is 1. The molecule has 122 valence electrons. The van der Waals surface area contributed by atoms with Crippen molar-refractivity contribution in [2.24, 2.45) is 0 Å². The summed E-state index contributed by atoms with van der Waals surface area (Å²) in [6, 6.07) is 5.66. The van der Waals surface area contributed by atoms with Gasteiger partial charge in [-0.15, -0.1) is 0 Å². The third kappa shape index (κ3) is 2.12.